The number of carboxylic acid groups (broad SMARTS) is 1. The number of likely N-dealkylation sites (tertiary alicyclic amines) is 1. The lowest BCUT2D eigenvalue weighted by atomic mass is 9.48. The molecule has 0 saturated carbocycles. The van der Waals surface area contributed by atoms with Gasteiger partial charge in [-0.25, -0.2) is 0 Å². The third-order valence-electron chi connectivity index (χ3n) is 11.4. The predicted octanol–water partition coefficient (Wildman–Crippen LogP) is 4.13. The highest BCUT2D eigenvalue weighted by molar-refractivity contribution is 6.22. The molecule has 9 heteroatoms. The predicted molar refractivity (Wildman–Crippen MR) is 169 cm³/mol. The number of nitrogens with one attached hydrogen (secondary N) is 2. The number of carboxylic acids is 1. The molecule has 3 N–H and O–H groups in total. The number of nitriles is 1. The molecule has 1 aliphatic carbocycles. The first kappa shape index (κ1) is 29.9. The van der Waals surface area contributed by atoms with E-state index >= 15 is 0 Å². The Balaban J connectivity index is 1.56. The zero-order chi connectivity index (χ0) is 32.4. The first-order valence-electron chi connectivity index (χ1n) is 15.9. The average molecular weight is 617 g/mol. The van der Waals surface area contributed by atoms with Crippen molar-refractivity contribution in [2.75, 3.05) is 13.1 Å². The van der Waals surface area contributed by atoms with Crippen LogP contribution in [0.15, 0.2) is 72.8 Å². The Labute approximate surface area is 267 Å². The number of ketones is 1. The van der Waals surface area contributed by atoms with Crippen molar-refractivity contribution in [3.05, 3.63) is 95.1 Å². The lowest BCUT2D eigenvalue weighted by Crippen LogP contribution is -2.73. The highest BCUT2D eigenvalue weighted by atomic mass is 16.4. The lowest BCUT2D eigenvalue weighted by Gasteiger charge is -2.63. The van der Waals surface area contributed by atoms with Crippen molar-refractivity contribution >= 4 is 23.6 Å². The van der Waals surface area contributed by atoms with Crippen molar-refractivity contribution in [3.63, 3.8) is 0 Å². The first-order valence-corrected chi connectivity index (χ1v) is 15.9. The van der Waals surface area contributed by atoms with Crippen molar-refractivity contribution in [1.82, 2.24) is 15.5 Å². The van der Waals surface area contributed by atoms with Crippen molar-refractivity contribution in [3.8, 4) is 17.2 Å². The van der Waals surface area contributed by atoms with Crippen LogP contribution in [-0.4, -0.2) is 58.2 Å². The lowest BCUT2D eigenvalue weighted by molar-refractivity contribution is -0.181. The highest BCUT2D eigenvalue weighted by Crippen LogP contribution is 2.63. The number of amides is 2. The van der Waals surface area contributed by atoms with E-state index in [2.05, 4.69) is 16.7 Å². The van der Waals surface area contributed by atoms with E-state index in [0.717, 1.165) is 5.56 Å². The van der Waals surface area contributed by atoms with E-state index in [1.54, 1.807) is 24.3 Å². The van der Waals surface area contributed by atoms with Crippen LogP contribution in [0.1, 0.15) is 59.7 Å². The molecule has 3 aromatic carbocycles. The second-order valence-corrected chi connectivity index (χ2v) is 13.3. The van der Waals surface area contributed by atoms with Crippen LogP contribution in [0.3, 0.4) is 0 Å². The van der Waals surface area contributed by atoms with Gasteiger partial charge in [0.1, 0.15) is 0 Å². The standard InChI is InChI=1S/C37H36N4O5/c1-21-37(20-38,28-16-18-40-34(28)44)30(25-13-8-14-26-29(25)23-11-6-7-12-24(23)32(26)42)31(35(45)46)36(2,27-15-17-39-33(27)43)41(21)19-22-9-4-3-5-10-22/h3-14,21,27-28,30-31H,15-19H2,1-2H3,(H,39,43)(H,40,44)(H,45,46)/t21?,27?,28?,30?,31-,36?,37?/m1/s1. The molecule has 3 heterocycles. The molecule has 0 spiro atoms. The van der Waals surface area contributed by atoms with Gasteiger partial charge in [0, 0.05) is 48.3 Å². The number of hydrogen-bond acceptors (Lipinski definition) is 6. The maximum atomic E-state index is 14.0. The topological polar surface area (TPSA) is 140 Å². The van der Waals surface area contributed by atoms with Gasteiger partial charge in [0.2, 0.25) is 11.8 Å². The largest absolute Gasteiger partial charge is 0.481 e. The van der Waals surface area contributed by atoms with E-state index in [4.69, 9.17) is 0 Å². The number of piperidine rings is 1. The normalized spacial score (nSPS) is 31.9. The molecule has 0 aromatic heterocycles. The summed E-state index contributed by atoms with van der Waals surface area (Å²) < 4.78 is 0. The molecule has 4 aliphatic rings. The average Bonchev–Trinajstić information content (AvgIpc) is 3.77. The van der Waals surface area contributed by atoms with Crippen molar-refractivity contribution < 1.29 is 24.3 Å². The molecule has 9 nitrogen and oxygen atoms in total. The number of rotatable bonds is 6. The van der Waals surface area contributed by atoms with Gasteiger partial charge in [0.05, 0.1) is 29.2 Å². The van der Waals surface area contributed by atoms with Crippen molar-refractivity contribution in [2.45, 2.75) is 50.7 Å². The van der Waals surface area contributed by atoms with Crippen LogP contribution in [0.4, 0.5) is 0 Å². The number of nitrogens with zero attached hydrogens (tertiary/aromatic N) is 2. The molecule has 0 radical (unpaired) electrons. The SMILES string of the molecule is CC1N(Cc2ccccc2)C(C)(C2CCNC2=O)[C@@H](C(=O)O)C(c2cccc3c2-c2ccccc2C3=O)C1(C#N)C1CCNC1=O. The molecule has 3 aliphatic heterocycles. The summed E-state index contributed by atoms with van der Waals surface area (Å²) in [5.74, 6) is -5.64. The van der Waals surface area contributed by atoms with E-state index in [9.17, 15) is 29.5 Å². The van der Waals surface area contributed by atoms with Gasteiger partial charge in [-0.15, -0.1) is 0 Å². The van der Waals surface area contributed by atoms with Crippen LogP contribution in [-0.2, 0) is 20.9 Å². The highest BCUT2D eigenvalue weighted by Gasteiger charge is 2.70. The molecule has 7 atom stereocenters. The summed E-state index contributed by atoms with van der Waals surface area (Å²) >= 11 is 0. The van der Waals surface area contributed by atoms with Crippen molar-refractivity contribution in [2.24, 2.45) is 23.2 Å². The number of hydrogen-bond donors (Lipinski definition) is 3. The van der Waals surface area contributed by atoms with Gasteiger partial charge in [-0.1, -0.05) is 72.8 Å². The monoisotopic (exact) mass is 616 g/mol. The van der Waals surface area contributed by atoms with Crippen LogP contribution in [0.2, 0.25) is 0 Å². The van der Waals surface area contributed by atoms with E-state index in [1.807, 2.05) is 67.3 Å². The van der Waals surface area contributed by atoms with Crippen LogP contribution in [0.5, 0.6) is 0 Å². The minimum absolute atomic E-state index is 0.159. The summed E-state index contributed by atoms with van der Waals surface area (Å²) in [6.45, 7) is 4.84. The van der Waals surface area contributed by atoms with Gasteiger partial charge < -0.3 is 15.7 Å². The Hall–Kier alpha value is -4.81. The Bertz CT molecular complexity index is 1820. The number of carbonyl (C=O) groups excluding carboxylic acids is 3. The summed E-state index contributed by atoms with van der Waals surface area (Å²) in [6, 6.07) is 24.1. The zero-order valence-corrected chi connectivity index (χ0v) is 25.8. The van der Waals surface area contributed by atoms with Crippen LogP contribution >= 0.6 is 0 Å². The Kier molecular flexibility index (Phi) is 7.09. The number of fused-ring (bicyclic) bond motifs is 3. The molecule has 3 aromatic rings. The van der Waals surface area contributed by atoms with E-state index in [0.29, 0.717) is 53.7 Å². The molecule has 234 valence electrons. The summed E-state index contributed by atoms with van der Waals surface area (Å²) in [5, 5.41) is 28.8. The summed E-state index contributed by atoms with van der Waals surface area (Å²) in [5.41, 5.74) is 0.930. The maximum absolute atomic E-state index is 14.0. The molecule has 2 amide bonds. The molecular formula is C37H36N4O5. The van der Waals surface area contributed by atoms with Crippen LogP contribution < -0.4 is 10.6 Å². The summed E-state index contributed by atoms with van der Waals surface area (Å²) in [7, 11) is 0. The van der Waals surface area contributed by atoms with Gasteiger partial charge in [-0.05, 0) is 48.9 Å². The minimum atomic E-state index is -1.53. The molecular weight excluding hydrogens is 580 g/mol. The molecule has 46 heavy (non-hydrogen) atoms. The van der Waals surface area contributed by atoms with E-state index < -0.39 is 46.6 Å². The van der Waals surface area contributed by atoms with Gasteiger partial charge in [-0.3, -0.25) is 24.1 Å². The minimum Gasteiger partial charge on any atom is -0.481 e. The Morgan fingerprint density at radius 1 is 0.891 bits per heavy atom. The number of aliphatic carboxylic acids is 1. The number of carbonyl (C=O) groups is 4. The fourth-order valence-electron chi connectivity index (χ4n) is 9.37. The molecule has 3 fully saturated rings. The smallest absolute Gasteiger partial charge is 0.309 e. The summed E-state index contributed by atoms with van der Waals surface area (Å²) in [6.07, 6.45) is 0.797. The van der Waals surface area contributed by atoms with Gasteiger partial charge in [-0.2, -0.15) is 5.26 Å². The Morgan fingerprint density at radius 3 is 2.11 bits per heavy atom. The third kappa shape index (κ3) is 4.02. The molecule has 3 saturated heterocycles. The van der Waals surface area contributed by atoms with Crippen molar-refractivity contribution in [1.29, 1.82) is 5.26 Å². The van der Waals surface area contributed by atoms with E-state index in [1.165, 1.54) is 0 Å². The number of benzene rings is 3. The zero-order valence-electron chi connectivity index (χ0n) is 25.8. The third-order valence-corrected chi connectivity index (χ3v) is 11.4. The first-order chi connectivity index (χ1) is 22.2. The fraction of sp³-hybridized carbons (Fsp3) is 0.378. The molecule has 6 unspecified atom stereocenters. The van der Waals surface area contributed by atoms with E-state index in [-0.39, 0.29) is 24.1 Å². The summed E-state index contributed by atoms with van der Waals surface area (Å²) in [4.78, 5) is 57.0. The van der Waals surface area contributed by atoms with Gasteiger partial charge >= 0.3 is 5.97 Å². The van der Waals surface area contributed by atoms with Crippen LogP contribution in [0.25, 0.3) is 11.1 Å². The Morgan fingerprint density at radius 2 is 1.50 bits per heavy atom. The fourth-order valence-corrected chi connectivity index (χ4v) is 9.37. The maximum Gasteiger partial charge on any atom is 0.309 e. The second-order valence-electron chi connectivity index (χ2n) is 13.3. The molecule has 7 rings (SSSR count). The van der Waals surface area contributed by atoms with Gasteiger partial charge in [0.25, 0.3) is 0 Å². The quantitative estimate of drug-likeness (QED) is 0.296. The molecule has 0 bridgehead atoms. The van der Waals surface area contributed by atoms with Gasteiger partial charge in [0.15, 0.2) is 5.78 Å². The van der Waals surface area contributed by atoms with Crippen LogP contribution in [0, 0.1) is 34.5 Å². The second kappa shape index (κ2) is 10.9.